The van der Waals surface area contributed by atoms with Gasteiger partial charge in [-0.25, -0.2) is 0 Å². The molecule has 0 radical (unpaired) electrons. The van der Waals surface area contributed by atoms with E-state index in [0.29, 0.717) is 25.0 Å². The highest BCUT2D eigenvalue weighted by Crippen LogP contribution is 2.14. The molecule has 1 heterocycles. The molecule has 0 saturated carbocycles. The van der Waals surface area contributed by atoms with Crippen LogP contribution in [0.3, 0.4) is 0 Å². The molecule has 0 aliphatic carbocycles. The van der Waals surface area contributed by atoms with Crippen molar-refractivity contribution in [3.63, 3.8) is 0 Å². The fraction of sp³-hybridized carbons (Fsp3) is 0.600. The molecule has 8 heteroatoms. The molecular formula is C10H18N6O2. The fourth-order valence-electron chi connectivity index (χ4n) is 1.30. The van der Waals surface area contributed by atoms with E-state index < -0.39 is 5.91 Å². The lowest BCUT2D eigenvalue weighted by molar-refractivity contribution is -0.116. The van der Waals surface area contributed by atoms with Crippen LogP contribution in [0.5, 0.6) is 6.01 Å². The number of ether oxygens (including phenoxy) is 1. The average Bonchev–Trinajstić information content (AvgIpc) is 2.35. The van der Waals surface area contributed by atoms with Crippen molar-refractivity contribution in [2.45, 2.75) is 13.8 Å². The number of primary amides is 1. The summed E-state index contributed by atoms with van der Waals surface area (Å²) < 4.78 is 5.24. The van der Waals surface area contributed by atoms with Crippen LogP contribution in [0.2, 0.25) is 0 Å². The minimum absolute atomic E-state index is 0.0508. The van der Waals surface area contributed by atoms with Crippen LogP contribution >= 0.6 is 0 Å². The summed E-state index contributed by atoms with van der Waals surface area (Å²) in [6.07, 6.45) is 0. The number of rotatable bonds is 7. The lowest BCUT2D eigenvalue weighted by atomic mass is 10.5. The molecule has 0 aliphatic rings. The van der Waals surface area contributed by atoms with Crippen LogP contribution in [0.25, 0.3) is 0 Å². The van der Waals surface area contributed by atoms with Gasteiger partial charge in [0.2, 0.25) is 17.8 Å². The van der Waals surface area contributed by atoms with Gasteiger partial charge in [-0.2, -0.15) is 15.0 Å². The number of nitrogens with zero attached hydrogens (tertiary/aromatic N) is 4. The predicted molar refractivity (Wildman–Crippen MR) is 67.6 cm³/mol. The number of nitrogens with two attached hydrogens (primary N) is 1. The molecular weight excluding hydrogens is 236 g/mol. The van der Waals surface area contributed by atoms with E-state index in [1.54, 1.807) is 11.9 Å². The summed E-state index contributed by atoms with van der Waals surface area (Å²) in [5.41, 5.74) is 5.17. The van der Waals surface area contributed by atoms with E-state index in [0.717, 1.165) is 0 Å². The minimum atomic E-state index is -0.443. The van der Waals surface area contributed by atoms with Gasteiger partial charge in [-0.1, -0.05) is 0 Å². The third-order valence-electron chi connectivity index (χ3n) is 2.11. The topological polar surface area (TPSA) is 106 Å². The summed E-state index contributed by atoms with van der Waals surface area (Å²) in [5.74, 6) is 0.298. The maximum atomic E-state index is 11.0. The normalized spacial score (nSPS) is 9.94. The van der Waals surface area contributed by atoms with Gasteiger partial charge < -0.3 is 20.7 Å². The first-order valence-corrected chi connectivity index (χ1v) is 5.70. The molecule has 0 spiro atoms. The standard InChI is InChI=1S/C10H18N6O2/c1-4-16(6-7(11)17)9-13-8(12-3)14-10(15-9)18-5-2/h4-6H2,1-3H3,(H2,11,17)(H,12,13,14,15). The summed E-state index contributed by atoms with van der Waals surface area (Å²) >= 11 is 0. The molecule has 1 aromatic rings. The number of amides is 1. The summed E-state index contributed by atoms with van der Waals surface area (Å²) in [5, 5.41) is 2.81. The van der Waals surface area contributed by atoms with Crippen LogP contribution in [0.1, 0.15) is 13.8 Å². The SMILES string of the molecule is CCOc1nc(NC)nc(N(CC)CC(N)=O)n1. The van der Waals surface area contributed by atoms with E-state index >= 15 is 0 Å². The van der Waals surface area contributed by atoms with Crippen LogP contribution < -0.4 is 20.7 Å². The molecule has 0 aliphatic heterocycles. The molecule has 100 valence electrons. The predicted octanol–water partition coefficient (Wildman–Crippen LogP) is -0.376. The summed E-state index contributed by atoms with van der Waals surface area (Å²) in [6.45, 7) is 4.78. The molecule has 18 heavy (non-hydrogen) atoms. The average molecular weight is 254 g/mol. The fourth-order valence-corrected chi connectivity index (χ4v) is 1.30. The molecule has 1 amide bonds. The maximum absolute atomic E-state index is 11.0. The Morgan fingerprint density at radius 3 is 2.61 bits per heavy atom. The molecule has 8 nitrogen and oxygen atoms in total. The summed E-state index contributed by atoms with van der Waals surface area (Å²) in [4.78, 5) is 24.9. The maximum Gasteiger partial charge on any atom is 0.323 e. The van der Waals surface area contributed by atoms with Gasteiger partial charge in [0.25, 0.3) is 0 Å². The number of anilines is 2. The van der Waals surface area contributed by atoms with Crippen LogP contribution in [0, 0.1) is 0 Å². The van der Waals surface area contributed by atoms with Crippen molar-refractivity contribution >= 4 is 17.8 Å². The summed E-state index contributed by atoms with van der Waals surface area (Å²) in [6, 6.07) is 0.217. The van der Waals surface area contributed by atoms with Crippen molar-refractivity contribution in [1.82, 2.24) is 15.0 Å². The third-order valence-corrected chi connectivity index (χ3v) is 2.11. The smallest absolute Gasteiger partial charge is 0.323 e. The minimum Gasteiger partial charge on any atom is -0.464 e. The number of likely N-dealkylation sites (N-methyl/N-ethyl adjacent to an activating group) is 1. The molecule has 0 aromatic carbocycles. The van der Waals surface area contributed by atoms with Gasteiger partial charge in [0.1, 0.15) is 0 Å². The number of aromatic nitrogens is 3. The second-order valence-corrected chi connectivity index (χ2v) is 3.41. The van der Waals surface area contributed by atoms with Crippen molar-refractivity contribution < 1.29 is 9.53 Å². The van der Waals surface area contributed by atoms with E-state index in [1.807, 2.05) is 13.8 Å². The van der Waals surface area contributed by atoms with Crippen molar-refractivity contribution in [2.75, 3.05) is 37.0 Å². The lowest BCUT2D eigenvalue weighted by Crippen LogP contribution is -2.35. The first kappa shape index (κ1) is 13.9. The zero-order valence-electron chi connectivity index (χ0n) is 10.8. The van der Waals surface area contributed by atoms with E-state index in [2.05, 4.69) is 20.3 Å². The Hall–Kier alpha value is -2.12. The monoisotopic (exact) mass is 254 g/mol. The van der Waals surface area contributed by atoms with Crippen LogP contribution in [-0.4, -0.2) is 47.6 Å². The van der Waals surface area contributed by atoms with Gasteiger partial charge in [0.05, 0.1) is 13.2 Å². The second-order valence-electron chi connectivity index (χ2n) is 3.41. The third kappa shape index (κ3) is 3.72. The van der Waals surface area contributed by atoms with Gasteiger partial charge in [-0.3, -0.25) is 4.79 Å². The molecule has 1 rings (SSSR count). The Labute approximate surface area is 106 Å². The second kappa shape index (κ2) is 6.58. The first-order chi connectivity index (χ1) is 8.60. The number of hydrogen-bond donors (Lipinski definition) is 2. The highest BCUT2D eigenvalue weighted by Gasteiger charge is 2.14. The Balaban J connectivity index is 3.04. The molecule has 0 saturated heterocycles. The number of hydrogen-bond acceptors (Lipinski definition) is 7. The zero-order chi connectivity index (χ0) is 13.5. The number of nitrogens with one attached hydrogen (secondary N) is 1. The zero-order valence-corrected chi connectivity index (χ0v) is 10.8. The van der Waals surface area contributed by atoms with Crippen molar-refractivity contribution in [2.24, 2.45) is 5.73 Å². The highest BCUT2D eigenvalue weighted by molar-refractivity contribution is 5.78. The number of carbonyl (C=O) groups is 1. The largest absolute Gasteiger partial charge is 0.464 e. The van der Waals surface area contributed by atoms with Gasteiger partial charge >= 0.3 is 6.01 Å². The van der Waals surface area contributed by atoms with Crippen LogP contribution in [-0.2, 0) is 4.79 Å². The van der Waals surface area contributed by atoms with E-state index in [4.69, 9.17) is 10.5 Å². The molecule has 0 fully saturated rings. The van der Waals surface area contributed by atoms with E-state index in [-0.39, 0.29) is 12.6 Å². The molecule has 0 unspecified atom stereocenters. The van der Waals surface area contributed by atoms with Crippen LogP contribution in [0.15, 0.2) is 0 Å². The van der Waals surface area contributed by atoms with Crippen molar-refractivity contribution in [3.8, 4) is 6.01 Å². The molecule has 3 N–H and O–H groups in total. The van der Waals surface area contributed by atoms with Crippen molar-refractivity contribution in [1.29, 1.82) is 0 Å². The Kier molecular flexibility index (Phi) is 5.09. The van der Waals surface area contributed by atoms with Gasteiger partial charge in [0.15, 0.2) is 0 Å². The Morgan fingerprint density at radius 1 is 1.39 bits per heavy atom. The Morgan fingerprint density at radius 2 is 2.11 bits per heavy atom. The van der Waals surface area contributed by atoms with Crippen molar-refractivity contribution in [3.05, 3.63) is 0 Å². The molecule has 1 aromatic heterocycles. The van der Waals surface area contributed by atoms with E-state index in [1.165, 1.54) is 0 Å². The van der Waals surface area contributed by atoms with Gasteiger partial charge in [0, 0.05) is 13.6 Å². The van der Waals surface area contributed by atoms with Gasteiger partial charge in [-0.05, 0) is 13.8 Å². The quantitative estimate of drug-likeness (QED) is 0.683. The summed E-state index contributed by atoms with van der Waals surface area (Å²) in [7, 11) is 1.69. The first-order valence-electron chi connectivity index (χ1n) is 5.70. The lowest BCUT2D eigenvalue weighted by Gasteiger charge is -2.19. The molecule has 0 atom stereocenters. The number of carbonyl (C=O) groups excluding carboxylic acids is 1. The highest BCUT2D eigenvalue weighted by atomic mass is 16.5. The van der Waals surface area contributed by atoms with Crippen LogP contribution in [0.4, 0.5) is 11.9 Å². The van der Waals surface area contributed by atoms with Gasteiger partial charge in [-0.15, -0.1) is 0 Å². The Bertz CT molecular complexity index is 411. The molecule has 0 bridgehead atoms. The van der Waals surface area contributed by atoms with E-state index in [9.17, 15) is 4.79 Å².